The van der Waals surface area contributed by atoms with Crippen molar-refractivity contribution in [3.8, 4) is 0 Å². The fraction of sp³-hybridized carbons (Fsp3) is 0.292. The van der Waals surface area contributed by atoms with Crippen molar-refractivity contribution in [2.24, 2.45) is 5.92 Å². The van der Waals surface area contributed by atoms with Crippen LogP contribution in [0.3, 0.4) is 0 Å². The molecule has 0 spiro atoms. The number of para-hydroxylation sites is 1. The molecule has 2 amide bonds. The van der Waals surface area contributed by atoms with Gasteiger partial charge < -0.3 is 24.9 Å². The number of amides is 2. The zero-order valence-corrected chi connectivity index (χ0v) is 18.9. The largest absolute Gasteiger partial charge is 0.451 e. The van der Waals surface area contributed by atoms with Gasteiger partial charge in [-0.3, -0.25) is 9.59 Å². The molecule has 32 heavy (non-hydrogen) atoms. The van der Waals surface area contributed by atoms with Crippen LogP contribution in [0.5, 0.6) is 0 Å². The summed E-state index contributed by atoms with van der Waals surface area (Å²) in [4.78, 5) is 28.7. The fourth-order valence-electron chi connectivity index (χ4n) is 3.59. The molecule has 1 saturated heterocycles. The number of anilines is 2. The summed E-state index contributed by atoms with van der Waals surface area (Å²) in [6.07, 6.45) is 0. The summed E-state index contributed by atoms with van der Waals surface area (Å²) in [6, 6.07) is 17.3. The van der Waals surface area contributed by atoms with Gasteiger partial charge in [0.1, 0.15) is 5.58 Å². The summed E-state index contributed by atoms with van der Waals surface area (Å²) in [7, 11) is 0. The fourth-order valence-corrected chi connectivity index (χ4v) is 3.80. The smallest absolute Gasteiger partial charge is 0.289 e. The molecule has 2 N–H and O–H groups in total. The highest BCUT2D eigenvalue weighted by Crippen LogP contribution is 2.23. The minimum absolute atomic E-state index is 0.0719. The van der Waals surface area contributed by atoms with Gasteiger partial charge in [-0.2, -0.15) is 0 Å². The van der Waals surface area contributed by atoms with Crippen LogP contribution in [0.1, 0.15) is 24.4 Å². The number of rotatable bonds is 4. The second-order valence-electron chi connectivity index (χ2n) is 8.07. The van der Waals surface area contributed by atoms with Crippen LogP contribution >= 0.6 is 12.2 Å². The Morgan fingerprint density at radius 1 is 1.00 bits per heavy atom. The Labute approximate surface area is 192 Å². The summed E-state index contributed by atoms with van der Waals surface area (Å²) in [6.45, 7) is 6.36. The highest BCUT2D eigenvalue weighted by Gasteiger charge is 2.24. The first-order valence-corrected chi connectivity index (χ1v) is 11.1. The maximum atomic E-state index is 12.8. The number of benzene rings is 2. The highest BCUT2D eigenvalue weighted by molar-refractivity contribution is 7.80. The molecule has 0 unspecified atom stereocenters. The molecule has 0 radical (unpaired) electrons. The topological polar surface area (TPSA) is 77.8 Å². The van der Waals surface area contributed by atoms with E-state index in [1.165, 1.54) is 0 Å². The standard InChI is InChI=1S/C24H26N4O3S/c1-16(2)22(29)26-24(32)25-18-7-9-19(10-8-18)27-11-13-28(14-12-27)23(30)21-15-17-5-3-4-6-20(17)31-21/h3-10,15-16H,11-14H2,1-2H3,(H2,25,26,29,32). The number of nitrogens with one attached hydrogen (secondary N) is 2. The van der Waals surface area contributed by atoms with Crippen molar-refractivity contribution in [2.45, 2.75) is 13.8 Å². The lowest BCUT2D eigenvalue weighted by Crippen LogP contribution is -2.48. The van der Waals surface area contributed by atoms with Gasteiger partial charge in [-0.15, -0.1) is 0 Å². The third-order valence-electron chi connectivity index (χ3n) is 5.45. The molecule has 1 aromatic heterocycles. The summed E-state index contributed by atoms with van der Waals surface area (Å²) >= 11 is 5.19. The van der Waals surface area contributed by atoms with Gasteiger partial charge in [0, 0.05) is 48.9 Å². The number of hydrogen-bond acceptors (Lipinski definition) is 5. The number of nitrogens with zero attached hydrogens (tertiary/aromatic N) is 2. The van der Waals surface area contributed by atoms with Crippen LogP contribution < -0.4 is 15.5 Å². The number of fused-ring (bicyclic) bond motifs is 1. The van der Waals surface area contributed by atoms with E-state index < -0.39 is 0 Å². The Balaban J connectivity index is 1.31. The molecule has 0 atom stereocenters. The van der Waals surface area contributed by atoms with Crippen molar-refractivity contribution in [2.75, 3.05) is 36.4 Å². The number of carbonyl (C=O) groups is 2. The first kappa shape index (κ1) is 21.8. The number of furan rings is 1. The second kappa shape index (κ2) is 9.40. The Bertz CT molecular complexity index is 1100. The van der Waals surface area contributed by atoms with Crippen LogP contribution in [0.4, 0.5) is 11.4 Å². The molecule has 2 heterocycles. The van der Waals surface area contributed by atoms with E-state index in [2.05, 4.69) is 15.5 Å². The summed E-state index contributed by atoms with van der Waals surface area (Å²) in [5.41, 5.74) is 2.61. The van der Waals surface area contributed by atoms with Gasteiger partial charge in [0.25, 0.3) is 5.91 Å². The molecular weight excluding hydrogens is 424 g/mol. The maximum absolute atomic E-state index is 12.8. The van der Waals surface area contributed by atoms with Crippen LogP contribution in [0, 0.1) is 5.92 Å². The minimum atomic E-state index is -0.130. The van der Waals surface area contributed by atoms with E-state index in [0.717, 1.165) is 35.4 Å². The average Bonchev–Trinajstić information content (AvgIpc) is 3.23. The molecule has 4 rings (SSSR count). The van der Waals surface area contributed by atoms with Crippen LogP contribution in [0.25, 0.3) is 11.0 Å². The van der Waals surface area contributed by atoms with Gasteiger partial charge in [0.15, 0.2) is 10.9 Å². The quantitative estimate of drug-likeness (QED) is 0.588. The molecule has 7 nitrogen and oxygen atoms in total. The second-order valence-corrected chi connectivity index (χ2v) is 8.48. The van der Waals surface area contributed by atoms with Gasteiger partial charge in [-0.25, -0.2) is 0 Å². The molecule has 0 saturated carbocycles. The van der Waals surface area contributed by atoms with Crippen molar-refractivity contribution in [3.63, 3.8) is 0 Å². The summed E-state index contributed by atoms with van der Waals surface area (Å²) < 4.78 is 5.73. The molecule has 1 fully saturated rings. The predicted octanol–water partition coefficient (Wildman–Crippen LogP) is 3.86. The predicted molar refractivity (Wildman–Crippen MR) is 130 cm³/mol. The summed E-state index contributed by atoms with van der Waals surface area (Å²) in [5.74, 6) is 0.0664. The average molecular weight is 451 g/mol. The molecule has 8 heteroatoms. The lowest BCUT2D eigenvalue weighted by Gasteiger charge is -2.35. The lowest BCUT2D eigenvalue weighted by molar-refractivity contribution is -0.122. The number of carbonyl (C=O) groups excluding carboxylic acids is 2. The van der Waals surface area contributed by atoms with Gasteiger partial charge in [0.2, 0.25) is 5.91 Å². The van der Waals surface area contributed by atoms with E-state index >= 15 is 0 Å². The summed E-state index contributed by atoms with van der Waals surface area (Å²) in [5, 5.41) is 6.92. The van der Waals surface area contributed by atoms with Crippen molar-refractivity contribution in [3.05, 3.63) is 60.4 Å². The van der Waals surface area contributed by atoms with Gasteiger partial charge in [-0.05, 0) is 48.6 Å². The number of thiocarbonyl (C=S) groups is 1. The Morgan fingerprint density at radius 2 is 1.69 bits per heavy atom. The molecule has 1 aliphatic heterocycles. The first-order valence-electron chi connectivity index (χ1n) is 10.7. The van der Waals surface area contributed by atoms with Crippen LogP contribution in [0.15, 0.2) is 59.0 Å². The zero-order valence-electron chi connectivity index (χ0n) is 18.1. The Kier molecular flexibility index (Phi) is 6.41. The molecule has 0 aliphatic carbocycles. The van der Waals surface area contributed by atoms with Crippen molar-refractivity contribution < 1.29 is 14.0 Å². The molecule has 0 bridgehead atoms. The third-order valence-corrected chi connectivity index (χ3v) is 5.66. The van der Waals surface area contributed by atoms with E-state index in [9.17, 15) is 9.59 Å². The van der Waals surface area contributed by atoms with Gasteiger partial charge in [-0.1, -0.05) is 32.0 Å². The van der Waals surface area contributed by atoms with Crippen molar-refractivity contribution >= 4 is 51.5 Å². The van der Waals surface area contributed by atoms with Gasteiger partial charge >= 0.3 is 0 Å². The Morgan fingerprint density at radius 3 is 2.34 bits per heavy atom. The van der Waals surface area contributed by atoms with Crippen LogP contribution in [-0.4, -0.2) is 48.0 Å². The number of hydrogen-bond donors (Lipinski definition) is 2. The van der Waals surface area contributed by atoms with E-state index in [-0.39, 0.29) is 22.8 Å². The minimum Gasteiger partial charge on any atom is -0.451 e. The maximum Gasteiger partial charge on any atom is 0.289 e. The third kappa shape index (κ3) is 4.91. The van der Waals surface area contributed by atoms with E-state index in [1.807, 2.05) is 73.3 Å². The molecular formula is C24H26N4O3S. The molecule has 2 aromatic carbocycles. The normalized spacial score (nSPS) is 14.0. The van der Waals surface area contributed by atoms with E-state index in [1.54, 1.807) is 0 Å². The molecule has 3 aromatic rings. The highest BCUT2D eigenvalue weighted by atomic mass is 32.1. The number of piperazine rings is 1. The first-order chi connectivity index (χ1) is 15.4. The van der Waals surface area contributed by atoms with Crippen molar-refractivity contribution in [1.82, 2.24) is 10.2 Å². The monoisotopic (exact) mass is 450 g/mol. The van der Waals surface area contributed by atoms with Crippen LogP contribution in [0.2, 0.25) is 0 Å². The van der Waals surface area contributed by atoms with Gasteiger partial charge in [0.05, 0.1) is 0 Å². The molecule has 1 aliphatic rings. The molecule has 166 valence electrons. The lowest BCUT2D eigenvalue weighted by atomic mass is 10.2. The van der Waals surface area contributed by atoms with E-state index in [0.29, 0.717) is 18.8 Å². The van der Waals surface area contributed by atoms with E-state index in [4.69, 9.17) is 16.6 Å². The zero-order chi connectivity index (χ0) is 22.7. The Hall–Kier alpha value is -3.39. The SMILES string of the molecule is CC(C)C(=O)NC(=S)Nc1ccc(N2CCN(C(=O)c3cc4ccccc4o3)CC2)cc1. The van der Waals surface area contributed by atoms with Crippen LogP contribution in [-0.2, 0) is 4.79 Å². The van der Waals surface area contributed by atoms with Crippen molar-refractivity contribution in [1.29, 1.82) is 0 Å².